The fourth-order valence-electron chi connectivity index (χ4n) is 3.60. The van der Waals surface area contributed by atoms with Gasteiger partial charge >= 0.3 is 0 Å². The predicted octanol–water partition coefficient (Wildman–Crippen LogP) is 1.52. The number of imide groups is 1. The highest BCUT2D eigenvalue weighted by molar-refractivity contribution is 6.06. The highest BCUT2D eigenvalue weighted by Gasteiger charge is 2.51. The normalized spacial score (nSPS) is 22.2. The Bertz CT molecular complexity index is 900. The first-order chi connectivity index (χ1) is 12.5. The molecule has 0 unspecified atom stereocenters. The molecule has 8 nitrogen and oxygen atoms in total. The molecule has 0 saturated carbocycles. The number of hydrogen-bond donors (Lipinski definition) is 1. The number of nitrogens with zero attached hydrogens (tertiary/aromatic N) is 4. The summed E-state index contributed by atoms with van der Waals surface area (Å²) >= 11 is 0. The van der Waals surface area contributed by atoms with Crippen LogP contribution in [0.15, 0.2) is 24.7 Å². The Morgan fingerprint density at radius 2 is 2.08 bits per heavy atom. The van der Waals surface area contributed by atoms with Gasteiger partial charge in [0.25, 0.3) is 0 Å². The second kappa shape index (κ2) is 6.05. The number of nitrogens with one attached hydrogen (secondary N) is 1. The van der Waals surface area contributed by atoms with Crippen molar-refractivity contribution in [2.24, 2.45) is 5.41 Å². The minimum Gasteiger partial charge on any atom is -0.437 e. The molecular formula is C18H19N5O3. The maximum atomic E-state index is 12.2. The first kappa shape index (κ1) is 16.4. The van der Waals surface area contributed by atoms with E-state index in [0.717, 1.165) is 17.1 Å². The van der Waals surface area contributed by atoms with Crippen molar-refractivity contribution in [1.82, 2.24) is 20.3 Å². The van der Waals surface area contributed by atoms with Crippen molar-refractivity contribution in [3.63, 3.8) is 0 Å². The zero-order chi connectivity index (χ0) is 18.3. The van der Waals surface area contributed by atoms with Crippen LogP contribution in [0.25, 0.3) is 0 Å². The van der Waals surface area contributed by atoms with Gasteiger partial charge in [-0.1, -0.05) is 0 Å². The van der Waals surface area contributed by atoms with Crippen LogP contribution in [-0.4, -0.2) is 39.9 Å². The SMILES string of the molecule is Cc1ncccc1Oc1ncnc(N2CC[C@]3(CC(=O)NC3=O)C2)c1C. The van der Waals surface area contributed by atoms with E-state index in [-0.39, 0.29) is 18.2 Å². The van der Waals surface area contributed by atoms with Gasteiger partial charge in [0.1, 0.15) is 12.1 Å². The Morgan fingerprint density at radius 3 is 2.81 bits per heavy atom. The molecule has 4 rings (SSSR count). The fourth-order valence-corrected chi connectivity index (χ4v) is 3.60. The Kier molecular flexibility index (Phi) is 3.82. The standard InChI is InChI=1S/C18H19N5O3/c1-11-15(23-7-5-18(9-23)8-14(24)22-17(18)25)20-10-21-16(11)26-13-4-3-6-19-12(13)2/h3-4,6,10H,5,7-9H2,1-2H3,(H,22,24,25)/t18-/m0/s1. The van der Waals surface area contributed by atoms with Crippen molar-refractivity contribution in [2.45, 2.75) is 26.7 Å². The van der Waals surface area contributed by atoms with Gasteiger partial charge < -0.3 is 9.64 Å². The summed E-state index contributed by atoms with van der Waals surface area (Å²) < 4.78 is 5.92. The number of pyridine rings is 1. The molecule has 1 N–H and O–H groups in total. The molecule has 0 radical (unpaired) electrons. The van der Waals surface area contributed by atoms with E-state index in [2.05, 4.69) is 20.3 Å². The van der Waals surface area contributed by atoms with Crippen LogP contribution >= 0.6 is 0 Å². The third-order valence-corrected chi connectivity index (χ3v) is 5.06. The lowest BCUT2D eigenvalue weighted by atomic mass is 9.85. The topological polar surface area (TPSA) is 97.3 Å². The van der Waals surface area contributed by atoms with Crippen molar-refractivity contribution in [3.05, 3.63) is 35.9 Å². The van der Waals surface area contributed by atoms with Crippen LogP contribution < -0.4 is 15.0 Å². The van der Waals surface area contributed by atoms with Crippen molar-refractivity contribution in [1.29, 1.82) is 0 Å². The van der Waals surface area contributed by atoms with Crippen molar-refractivity contribution < 1.29 is 14.3 Å². The van der Waals surface area contributed by atoms with E-state index in [1.165, 1.54) is 6.33 Å². The first-order valence-electron chi connectivity index (χ1n) is 8.49. The lowest BCUT2D eigenvalue weighted by Crippen LogP contribution is -2.35. The number of rotatable bonds is 3. The lowest BCUT2D eigenvalue weighted by molar-refractivity contribution is -0.127. The summed E-state index contributed by atoms with van der Waals surface area (Å²) in [7, 11) is 0. The van der Waals surface area contributed by atoms with E-state index in [4.69, 9.17) is 4.74 Å². The molecule has 26 heavy (non-hydrogen) atoms. The van der Waals surface area contributed by atoms with Gasteiger partial charge in [0, 0.05) is 25.7 Å². The molecule has 2 aromatic heterocycles. The van der Waals surface area contributed by atoms with Gasteiger partial charge in [-0.3, -0.25) is 19.9 Å². The summed E-state index contributed by atoms with van der Waals surface area (Å²) in [5.74, 6) is 1.44. The van der Waals surface area contributed by atoms with E-state index in [0.29, 0.717) is 31.1 Å². The molecule has 1 spiro atoms. The second-order valence-electron chi connectivity index (χ2n) is 6.82. The van der Waals surface area contributed by atoms with Gasteiger partial charge in [-0.2, -0.15) is 0 Å². The minimum atomic E-state index is -0.643. The van der Waals surface area contributed by atoms with E-state index in [1.54, 1.807) is 12.3 Å². The molecule has 134 valence electrons. The van der Waals surface area contributed by atoms with Crippen LogP contribution in [0.1, 0.15) is 24.1 Å². The van der Waals surface area contributed by atoms with Crippen LogP contribution in [-0.2, 0) is 9.59 Å². The van der Waals surface area contributed by atoms with Gasteiger partial charge in [-0.05, 0) is 32.4 Å². The molecule has 2 amide bonds. The minimum absolute atomic E-state index is 0.181. The second-order valence-corrected chi connectivity index (χ2v) is 6.82. The maximum Gasteiger partial charge on any atom is 0.235 e. The van der Waals surface area contributed by atoms with Crippen LogP contribution in [0, 0.1) is 19.3 Å². The Labute approximate surface area is 150 Å². The molecule has 2 fully saturated rings. The number of carbonyl (C=O) groups excluding carboxylic acids is 2. The maximum absolute atomic E-state index is 12.2. The quantitative estimate of drug-likeness (QED) is 0.836. The molecule has 2 saturated heterocycles. The molecule has 1 atom stereocenters. The molecule has 2 aromatic rings. The van der Waals surface area contributed by atoms with E-state index >= 15 is 0 Å². The molecule has 2 aliphatic rings. The van der Waals surface area contributed by atoms with E-state index < -0.39 is 5.41 Å². The average molecular weight is 353 g/mol. The van der Waals surface area contributed by atoms with Gasteiger partial charge in [-0.15, -0.1) is 0 Å². The zero-order valence-electron chi connectivity index (χ0n) is 14.7. The number of amides is 2. The number of hydrogen-bond acceptors (Lipinski definition) is 7. The van der Waals surface area contributed by atoms with Gasteiger partial charge in [0.15, 0.2) is 5.75 Å². The summed E-state index contributed by atoms with van der Waals surface area (Å²) in [6.07, 6.45) is 4.03. The van der Waals surface area contributed by atoms with Gasteiger partial charge in [-0.25, -0.2) is 9.97 Å². The van der Waals surface area contributed by atoms with Crippen molar-refractivity contribution >= 4 is 17.6 Å². The first-order valence-corrected chi connectivity index (χ1v) is 8.49. The third-order valence-electron chi connectivity index (χ3n) is 5.06. The molecule has 4 heterocycles. The van der Waals surface area contributed by atoms with Crippen LogP contribution in [0.2, 0.25) is 0 Å². The summed E-state index contributed by atoms with van der Waals surface area (Å²) in [4.78, 5) is 38.7. The zero-order valence-corrected chi connectivity index (χ0v) is 14.7. The number of ether oxygens (including phenoxy) is 1. The number of carbonyl (C=O) groups is 2. The summed E-state index contributed by atoms with van der Waals surface area (Å²) in [6, 6.07) is 3.64. The molecular weight excluding hydrogens is 334 g/mol. The Balaban J connectivity index is 1.60. The monoisotopic (exact) mass is 353 g/mol. The highest BCUT2D eigenvalue weighted by Crippen LogP contribution is 2.40. The lowest BCUT2D eigenvalue weighted by Gasteiger charge is -2.23. The fraction of sp³-hybridized carbons (Fsp3) is 0.389. The molecule has 2 aliphatic heterocycles. The molecule has 0 aromatic carbocycles. The molecule has 8 heteroatoms. The highest BCUT2D eigenvalue weighted by atomic mass is 16.5. The van der Waals surface area contributed by atoms with E-state index in [9.17, 15) is 9.59 Å². The summed E-state index contributed by atoms with van der Waals surface area (Å²) in [6.45, 7) is 4.88. The predicted molar refractivity (Wildman–Crippen MR) is 92.8 cm³/mol. The molecule has 0 bridgehead atoms. The van der Waals surface area contributed by atoms with Crippen molar-refractivity contribution in [3.8, 4) is 11.6 Å². The average Bonchev–Trinajstić information content (AvgIpc) is 3.15. The Morgan fingerprint density at radius 1 is 1.23 bits per heavy atom. The van der Waals surface area contributed by atoms with E-state index in [1.807, 2.05) is 24.8 Å². The van der Waals surface area contributed by atoms with Gasteiger partial charge in [0.05, 0.1) is 16.7 Å². The number of anilines is 1. The number of aryl methyl sites for hydroxylation is 1. The number of aromatic nitrogens is 3. The summed E-state index contributed by atoms with van der Waals surface area (Å²) in [5, 5.41) is 2.42. The summed E-state index contributed by atoms with van der Waals surface area (Å²) in [5.41, 5.74) is 0.918. The Hall–Kier alpha value is -3.03. The largest absolute Gasteiger partial charge is 0.437 e. The van der Waals surface area contributed by atoms with Gasteiger partial charge in [0.2, 0.25) is 17.7 Å². The van der Waals surface area contributed by atoms with Crippen LogP contribution in [0.3, 0.4) is 0 Å². The van der Waals surface area contributed by atoms with Crippen molar-refractivity contribution in [2.75, 3.05) is 18.0 Å². The van der Waals surface area contributed by atoms with Crippen LogP contribution in [0.4, 0.5) is 5.82 Å². The third kappa shape index (κ3) is 2.67. The van der Waals surface area contributed by atoms with Crippen LogP contribution in [0.5, 0.6) is 11.6 Å². The smallest absolute Gasteiger partial charge is 0.235 e. The molecule has 0 aliphatic carbocycles.